The summed E-state index contributed by atoms with van der Waals surface area (Å²) in [6.45, 7) is 4.92. The summed E-state index contributed by atoms with van der Waals surface area (Å²) in [6.07, 6.45) is 46.7. The lowest BCUT2D eigenvalue weighted by Gasteiger charge is -2.39. The molecule has 0 N–H and O–H groups in total. The van der Waals surface area contributed by atoms with Crippen molar-refractivity contribution in [2.75, 3.05) is 0 Å². The highest BCUT2D eigenvalue weighted by Crippen LogP contribution is 2.56. The number of fused-ring (bicyclic) bond motifs is 5. The maximum atomic E-state index is 2.63. The summed E-state index contributed by atoms with van der Waals surface area (Å²) in [6, 6.07) is 18.7. The van der Waals surface area contributed by atoms with Crippen molar-refractivity contribution in [2.24, 2.45) is 23.2 Å². The Hall–Kier alpha value is -5.20. The van der Waals surface area contributed by atoms with E-state index in [9.17, 15) is 0 Å². The largest absolute Gasteiger partial charge is 0.0839 e. The van der Waals surface area contributed by atoms with Gasteiger partial charge in [0.05, 0.1) is 0 Å². The Balaban J connectivity index is 1.08. The Bertz CT molecular complexity index is 2590. The van der Waals surface area contributed by atoms with Crippen LogP contribution in [-0.4, -0.2) is 0 Å². The zero-order valence-electron chi connectivity index (χ0n) is 31.6. The average Bonchev–Trinajstić information content (AvgIpc) is 3.80. The van der Waals surface area contributed by atoms with Crippen molar-refractivity contribution in [3.63, 3.8) is 0 Å². The van der Waals surface area contributed by atoms with E-state index < -0.39 is 0 Å². The first-order valence-corrected chi connectivity index (χ1v) is 20.6. The first-order chi connectivity index (χ1) is 26.6. The fourth-order valence-corrected chi connectivity index (χ4v) is 11.7. The van der Waals surface area contributed by atoms with Crippen LogP contribution in [0.3, 0.4) is 0 Å². The molecule has 9 aliphatic rings. The van der Waals surface area contributed by atoms with E-state index in [4.69, 9.17) is 0 Å². The maximum Gasteiger partial charge on any atom is 0.0196 e. The lowest BCUT2D eigenvalue weighted by Crippen LogP contribution is -2.41. The molecule has 0 spiro atoms. The van der Waals surface area contributed by atoms with Gasteiger partial charge in [-0.15, -0.1) is 0 Å². The van der Waals surface area contributed by atoms with E-state index in [1.165, 1.54) is 55.0 Å². The summed E-state index contributed by atoms with van der Waals surface area (Å²) in [5.74, 6) is 1.34. The van der Waals surface area contributed by atoms with Gasteiger partial charge in [0.15, 0.2) is 0 Å². The third-order valence-corrected chi connectivity index (χ3v) is 14.0. The molecule has 0 heteroatoms. The molecule has 0 saturated carbocycles. The molecule has 0 aromatic heterocycles. The second-order valence-corrected chi connectivity index (χ2v) is 17.1. The van der Waals surface area contributed by atoms with Crippen molar-refractivity contribution in [3.8, 4) is 0 Å². The lowest BCUT2D eigenvalue weighted by atomic mass is 9.64. The molecule has 0 nitrogen and oxygen atoms in total. The quantitative estimate of drug-likeness (QED) is 0.299. The molecule has 9 aliphatic carbocycles. The van der Waals surface area contributed by atoms with Gasteiger partial charge in [0, 0.05) is 29.1 Å². The van der Waals surface area contributed by atoms with E-state index in [2.05, 4.69) is 160 Å². The van der Waals surface area contributed by atoms with Crippen molar-refractivity contribution in [2.45, 2.75) is 64.7 Å². The number of hydrogen-bond acceptors (Lipinski definition) is 0. The third kappa shape index (κ3) is 4.75. The Kier molecular flexibility index (Phi) is 7.42. The normalized spacial score (nSPS) is 28.3. The molecule has 264 valence electrons. The van der Waals surface area contributed by atoms with Crippen LogP contribution in [-0.2, 0) is 0 Å². The predicted octanol–water partition coefficient (Wildman–Crippen LogP) is 11.9. The molecular formula is C54H48. The zero-order chi connectivity index (χ0) is 36.0. The van der Waals surface area contributed by atoms with Gasteiger partial charge < -0.3 is 0 Å². The van der Waals surface area contributed by atoms with Crippen LogP contribution in [0.5, 0.6) is 0 Å². The average molecular weight is 697 g/mol. The van der Waals surface area contributed by atoms with Gasteiger partial charge in [-0.25, -0.2) is 0 Å². The van der Waals surface area contributed by atoms with Gasteiger partial charge in [-0.3, -0.25) is 0 Å². The third-order valence-electron chi connectivity index (χ3n) is 14.0. The van der Waals surface area contributed by atoms with E-state index in [-0.39, 0.29) is 5.41 Å². The van der Waals surface area contributed by atoms with Crippen LogP contribution in [0.2, 0.25) is 0 Å². The number of benzene rings is 2. The minimum atomic E-state index is 0.100. The summed E-state index contributed by atoms with van der Waals surface area (Å²) in [5.41, 5.74) is 21.3. The van der Waals surface area contributed by atoms with Gasteiger partial charge in [0.1, 0.15) is 0 Å². The molecule has 0 radical (unpaired) electrons. The highest BCUT2D eigenvalue weighted by molar-refractivity contribution is 5.92. The Morgan fingerprint density at radius 2 is 1.37 bits per heavy atom. The standard InChI is InChI=1S/C54H48/c1-54(2)48-29-15-28-38(48)39-31-30-37(33-49(39)54)53-46-26-12-10-24-44(46)52(45-25-11-13-27-47(45)53)36-19-14-18-35(32-36)51-42-22-8-6-20-40(42)50(34-16-4-3-5-17-34)41-21-7-9-23-43(41)51/h4,6-13,15-18,20-28,32-33,40,44,46,50H,3,5,14,19,29-31H2,1-2H3. The topological polar surface area (TPSA) is 0 Å². The summed E-state index contributed by atoms with van der Waals surface area (Å²) in [4.78, 5) is 0. The van der Waals surface area contributed by atoms with Crippen LogP contribution in [0.25, 0.3) is 16.7 Å². The first-order valence-electron chi connectivity index (χ1n) is 20.6. The summed E-state index contributed by atoms with van der Waals surface area (Å²) >= 11 is 0. The first kappa shape index (κ1) is 32.2. The summed E-state index contributed by atoms with van der Waals surface area (Å²) in [7, 11) is 0. The molecule has 0 saturated heterocycles. The highest BCUT2D eigenvalue weighted by Gasteiger charge is 2.42. The monoisotopic (exact) mass is 696 g/mol. The molecule has 0 amide bonds. The molecule has 0 fully saturated rings. The van der Waals surface area contributed by atoms with Gasteiger partial charge in [-0.2, -0.15) is 0 Å². The molecule has 2 aromatic carbocycles. The summed E-state index contributed by atoms with van der Waals surface area (Å²) in [5, 5.41) is 2.88. The Morgan fingerprint density at radius 3 is 2.17 bits per heavy atom. The number of allylic oxidation sites excluding steroid dienone is 26. The fourth-order valence-electron chi connectivity index (χ4n) is 11.7. The van der Waals surface area contributed by atoms with Crippen LogP contribution in [0, 0.1) is 23.2 Å². The van der Waals surface area contributed by atoms with Crippen LogP contribution >= 0.6 is 0 Å². The van der Waals surface area contributed by atoms with Crippen molar-refractivity contribution in [3.05, 3.63) is 217 Å². The smallest absolute Gasteiger partial charge is 0.0196 e. The second-order valence-electron chi connectivity index (χ2n) is 17.1. The van der Waals surface area contributed by atoms with Gasteiger partial charge in [0.2, 0.25) is 0 Å². The number of hydrogen-bond donors (Lipinski definition) is 0. The van der Waals surface area contributed by atoms with E-state index in [0.29, 0.717) is 23.7 Å². The molecule has 4 unspecified atom stereocenters. The van der Waals surface area contributed by atoms with Gasteiger partial charge >= 0.3 is 0 Å². The molecule has 54 heavy (non-hydrogen) atoms. The van der Waals surface area contributed by atoms with E-state index >= 15 is 0 Å². The van der Waals surface area contributed by atoms with Crippen LogP contribution in [0.4, 0.5) is 0 Å². The Morgan fingerprint density at radius 1 is 0.630 bits per heavy atom. The SMILES string of the molecule is CC1(C)C2=C(CCC(C3=c4ccccc4=C(C4=CC(C5=C6C=CC=CC6C(C6=CCCC=C6)c6ccccc65)=CCC4)C4C=CC=CC34)=C2)C2=C1CC=C2. The maximum absolute atomic E-state index is 2.63. The van der Waals surface area contributed by atoms with Gasteiger partial charge in [-0.05, 0) is 133 Å². The predicted molar refractivity (Wildman–Crippen MR) is 226 cm³/mol. The second kappa shape index (κ2) is 12.4. The van der Waals surface area contributed by atoms with Gasteiger partial charge in [0.25, 0.3) is 0 Å². The Labute approximate surface area is 320 Å². The molecule has 0 aliphatic heterocycles. The molecule has 0 bridgehead atoms. The minimum absolute atomic E-state index is 0.100. The van der Waals surface area contributed by atoms with Crippen LogP contribution in [0.15, 0.2) is 196 Å². The van der Waals surface area contributed by atoms with Crippen molar-refractivity contribution in [1.82, 2.24) is 0 Å². The fraction of sp³-hybridized carbons (Fsp3) is 0.259. The van der Waals surface area contributed by atoms with Gasteiger partial charge in [-0.1, -0.05) is 160 Å². The van der Waals surface area contributed by atoms with Crippen LogP contribution < -0.4 is 10.4 Å². The van der Waals surface area contributed by atoms with Crippen molar-refractivity contribution >= 4 is 16.7 Å². The molecule has 4 atom stereocenters. The molecule has 0 heterocycles. The minimum Gasteiger partial charge on any atom is -0.0839 e. The van der Waals surface area contributed by atoms with E-state index in [1.54, 1.807) is 33.4 Å². The van der Waals surface area contributed by atoms with Crippen molar-refractivity contribution < 1.29 is 0 Å². The molecular weight excluding hydrogens is 649 g/mol. The molecule has 2 aromatic rings. The highest BCUT2D eigenvalue weighted by atomic mass is 14.5. The number of rotatable bonds is 4. The summed E-state index contributed by atoms with van der Waals surface area (Å²) < 4.78 is 0. The van der Waals surface area contributed by atoms with Crippen LogP contribution in [0.1, 0.15) is 75.8 Å². The molecule has 11 rings (SSSR count). The van der Waals surface area contributed by atoms with E-state index in [0.717, 1.165) is 44.9 Å². The van der Waals surface area contributed by atoms with E-state index in [1.807, 2.05) is 0 Å². The van der Waals surface area contributed by atoms with Crippen molar-refractivity contribution in [1.29, 1.82) is 0 Å². The zero-order valence-corrected chi connectivity index (χ0v) is 31.6. The lowest BCUT2D eigenvalue weighted by molar-refractivity contribution is 0.547.